The minimum absolute atomic E-state index is 0.153. The standard InChI is InChI=1S/C15H16BrNO4/c1-4-15(2,14(19)20-3)17-13(18)11-8-9-6-5-7-10(16)12(9)21-11/h5-8H,4H2,1-3H3,(H,17,18). The van der Waals surface area contributed by atoms with Gasteiger partial charge in [0.15, 0.2) is 5.76 Å². The van der Waals surface area contributed by atoms with Crippen LogP contribution in [-0.4, -0.2) is 24.5 Å². The summed E-state index contributed by atoms with van der Waals surface area (Å²) in [6.07, 6.45) is 0.412. The Bertz CT molecular complexity index is 694. The normalized spacial score (nSPS) is 13.7. The average Bonchev–Trinajstić information content (AvgIpc) is 2.92. The van der Waals surface area contributed by atoms with Crippen molar-refractivity contribution in [3.05, 3.63) is 34.5 Å². The zero-order valence-corrected chi connectivity index (χ0v) is 13.6. The van der Waals surface area contributed by atoms with Gasteiger partial charge in [0.05, 0.1) is 11.6 Å². The Hall–Kier alpha value is -1.82. The van der Waals surface area contributed by atoms with Crippen molar-refractivity contribution in [1.82, 2.24) is 5.32 Å². The summed E-state index contributed by atoms with van der Waals surface area (Å²) >= 11 is 3.37. The summed E-state index contributed by atoms with van der Waals surface area (Å²) in [5.41, 5.74) is -0.485. The lowest BCUT2D eigenvalue weighted by Gasteiger charge is -2.25. The monoisotopic (exact) mass is 353 g/mol. The summed E-state index contributed by atoms with van der Waals surface area (Å²) in [4.78, 5) is 24.1. The number of amides is 1. The van der Waals surface area contributed by atoms with Crippen molar-refractivity contribution in [2.24, 2.45) is 0 Å². The molecule has 0 saturated carbocycles. The maximum atomic E-state index is 12.3. The van der Waals surface area contributed by atoms with Crippen LogP contribution in [0.2, 0.25) is 0 Å². The summed E-state index contributed by atoms with van der Waals surface area (Å²) in [6.45, 7) is 3.42. The summed E-state index contributed by atoms with van der Waals surface area (Å²) in [6, 6.07) is 7.18. The van der Waals surface area contributed by atoms with Gasteiger partial charge in [-0.05, 0) is 41.4 Å². The fourth-order valence-corrected chi connectivity index (χ4v) is 2.42. The SMILES string of the molecule is CCC(C)(NC(=O)c1cc2cccc(Br)c2o1)C(=O)OC. The van der Waals surface area contributed by atoms with Gasteiger partial charge < -0.3 is 14.5 Å². The molecule has 1 amide bonds. The summed E-state index contributed by atoms with van der Waals surface area (Å²) in [5, 5.41) is 3.48. The van der Waals surface area contributed by atoms with Crippen LogP contribution in [0.4, 0.5) is 0 Å². The molecule has 1 unspecified atom stereocenters. The van der Waals surface area contributed by atoms with Gasteiger partial charge in [-0.15, -0.1) is 0 Å². The maximum absolute atomic E-state index is 12.3. The van der Waals surface area contributed by atoms with Gasteiger partial charge in [-0.3, -0.25) is 4.79 Å². The number of furan rings is 1. The van der Waals surface area contributed by atoms with Crippen LogP contribution < -0.4 is 5.32 Å². The molecule has 0 saturated heterocycles. The number of methoxy groups -OCH3 is 1. The number of hydrogen-bond acceptors (Lipinski definition) is 4. The Morgan fingerprint density at radius 1 is 1.43 bits per heavy atom. The first kappa shape index (κ1) is 15.6. The number of esters is 1. The molecule has 1 atom stereocenters. The van der Waals surface area contributed by atoms with E-state index in [9.17, 15) is 9.59 Å². The number of hydrogen-bond donors (Lipinski definition) is 1. The summed E-state index contributed by atoms with van der Waals surface area (Å²) < 4.78 is 11.1. The topological polar surface area (TPSA) is 68.5 Å². The third-order valence-electron chi connectivity index (χ3n) is 3.45. The zero-order chi connectivity index (χ0) is 15.6. The van der Waals surface area contributed by atoms with Crippen LogP contribution in [0.1, 0.15) is 30.8 Å². The maximum Gasteiger partial charge on any atom is 0.331 e. The van der Waals surface area contributed by atoms with Crippen molar-refractivity contribution in [3.8, 4) is 0 Å². The molecule has 1 aromatic carbocycles. The van der Waals surface area contributed by atoms with E-state index < -0.39 is 17.4 Å². The Kier molecular flexibility index (Phi) is 4.37. The molecule has 6 heteroatoms. The molecule has 2 rings (SSSR count). The predicted octanol–water partition coefficient (Wildman–Crippen LogP) is 3.27. The molecule has 2 aromatic rings. The third kappa shape index (κ3) is 2.95. The van der Waals surface area contributed by atoms with Crippen LogP contribution in [0.15, 0.2) is 33.2 Å². The number of ether oxygens (including phenoxy) is 1. The van der Waals surface area contributed by atoms with E-state index in [2.05, 4.69) is 21.2 Å². The van der Waals surface area contributed by atoms with E-state index in [1.54, 1.807) is 19.9 Å². The van der Waals surface area contributed by atoms with Gasteiger partial charge in [-0.2, -0.15) is 0 Å². The number of nitrogens with one attached hydrogen (secondary N) is 1. The van der Waals surface area contributed by atoms with Crippen LogP contribution in [0.25, 0.3) is 11.0 Å². The minimum Gasteiger partial charge on any atom is -0.467 e. The molecule has 5 nitrogen and oxygen atoms in total. The highest BCUT2D eigenvalue weighted by Gasteiger charge is 2.35. The van der Waals surface area contributed by atoms with E-state index in [0.29, 0.717) is 12.0 Å². The van der Waals surface area contributed by atoms with Gasteiger partial charge in [0.1, 0.15) is 11.1 Å². The molecule has 0 fully saturated rings. The molecule has 0 radical (unpaired) electrons. The van der Waals surface area contributed by atoms with Crippen molar-refractivity contribution in [1.29, 1.82) is 0 Å². The molecule has 0 aliphatic heterocycles. The van der Waals surface area contributed by atoms with E-state index in [1.165, 1.54) is 7.11 Å². The molecule has 0 aliphatic carbocycles. The van der Waals surface area contributed by atoms with Crippen LogP contribution >= 0.6 is 15.9 Å². The van der Waals surface area contributed by atoms with Crippen LogP contribution in [0.5, 0.6) is 0 Å². The highest BCUT2D eigenvalue weighted by atomic mass is 79.9. The van der Waals surface area contributed by atoms with Crippen LogP contribution in [-0.2, 0) is 9.53 Å². The summed E-state index contributed by atoms with van der Waals surface area (Å²) in [5.74, 6) is -0.788. The van der Waals surface area contributed by atoms with Crippen molar-refractivity contribution in [2.75, 3.05) is 7.11 Å². The number of carbonyl (C=O) groups is 2. The highest BCUT2D eigenvalue weighted by molar-refractivity contribution is 9.10. The van der Waals surface area contributed by atoms with E-state index >= 15 is 0 Å². The zero-order valence-electron chi connectivity index (χ0n) is 12.0. The number of carbonyl (C=O) groups excluding carboxylic acids is 2. The number of fused-ring (bicyclic) bond motifs is 1. The van der Waals surface area contributed by atoms with Crippen molar-refractivity contribution < 1.29 is 18.7 Å². The minimum atomic E-state index is -1.08. The van der Waals surface area contributed by atoms with E-state index in [0.717, 1.165) is 9.86 Å². The molecule has 1 aromatic heterocycles. The van der Waals surface area contributed by atoms with E-state index in [-0.39, 0.29) is 5.76 Å². The van der Waals surface area contributed by atoms with Gasteiger partial charge in [0.2, 0.25) is 0 Å². The molecule has 1 N–H and O–H groups in total. The third-order valence-corrected chi connectivity index (χ3v) is 4.08. The number of para-hydroxylation sites is 1. The quantitative estimate of drug-likeness (QED) is 0.856. The fraction of sp³-hybridized carbons (Fsp3) is 0.333. The van der Waals surface area contributed by atoms with Gasteiger partial charge in [-0.1, -0.05) is 19.1 Å². The van der Waals surface area contributed by atoms with Crippen LogP contribution in [0, 0.1) is 0 Å². The summed E-state index contributed by atoms with van der Waals surface area (Å²) in [7, 11) is 1.29. The molecule has 21 heavy (non-hydrogen) atoms. The number of rotatable bonds is 4. The lowest BCUT2D eigenvalue weighted by atomic mass is 9.99. The van der Waals surface area contributed by atoms with Gasteiger partial charge in [0.25, 0.3) is 5.91 Å². The van der Waals surface area contributed by atoms with Crippen LogP contribution in [0.3, 0.4) is 0 Å². The molecule has 0 spiro atoms. The Morgan fingerprint density at radius 3 is 2.71 bits per heavy atom. The number of benzene rings is 1. The Morgan fingerprint density at radius 2 is 2.14 bits per heavy atom. The lowest BCUT2D eigenvalue weighted by molar-refractivity contribution is -0.147. The second-order valence-electron chi connectivity index (χ2n) is 4.90. The molecule has 0 aliphatic rings. The second-order valence-corrected chi connectivity index (χ2v) is 5.75. The van der Waals surface area contributed by atoms with E-state index in [4.69, 9.17) is 9.15 Å². The molecule has 112 valence electrons. The fourth-order valence-electron chi connectivity index (χ4n) is 1.96. The first-order valence-electron chi connectivity index (χ1n) is 6.50. The molecular weight excluding hydrogens is 338 g/mol. The first-order chi connectivity index (χ1) is 9.91. The van der Waals surface area contributed by atoms with Crippen molar-refractivity contribution in [2.45, 2.75) is 25.8 Å². The average molecular weight is 354 g/mol. The van der Waals surface area contributed by atoms with Gasteiger partial charge >= 0.3 is 5.97 Å². The van der Waals surface area contributed by atoms with Crippen molar-refractivity contribution >= 4 is 38.8 Å². The molecule has 0 bridgehead atoms. The Labute approximate surface area is 130 Å². The first-order valence-corrected chi connectivity index (χ1v) is 7.29. The smallest absolute Gasteiger partial charge is 0.331 e. The lowest BCUT2D eigenvalue weighted by Crippen LogP contribution is -2.52. The van der Waals surface area contributed by atoms with E-state index in [1.807, 2.05) is 18.2 Å². The molecule has 1 heterocycles. The Balaban J connectivity index is 2.30. The predicted molar refractivity (Wildman–Crippen MR) is 82.1 cm³/mol. The van der Waals surface area contributed by atoms with Crippen molar-refractivity contribution in [3.63, 3.8) is 0 Å². The second kappa shape index (κ2) is 5.89. The number of halogens is 1. The molecular formula is C15H16BrNO4. The van der Waals surface area contributed by atoms with Gasteiger partial charge in [-0.25, -0.2) is 4.79 Å². The largest absolute Gasteiger partial charge is 0.467 e. The van der Waals surface area contributed by atoms with Gasteiger partial charge in [0, 0.05) is 5.39 Å². The highest BCUT2D eigenvalue weighted by Crippen LogP contribution is 2.27.